The SMILES string of the molecule is CC1(C)c2ccccc2-c2ccc(N(c3ccccc3)c3ccccc3-c3cccc4oc5cc6c(cc5c34)-c3ccccc3C63c4ccccc4Oc4ccccc43)cc21. The van der Waals surface area contributed by atoms with E-state index < -0.39 is 5.41 Å². The Balaban J connectivity index is 1.04. The molecule has 288 valence electrons. The lowest BCUT2D eigenvalue weighted by atomic mass is 9.66. The van der Waals surface area contributed by atoms with Crippen LogP contribution >= 0.6 is 0 Å². The molecule has 0 N–H and O–H groups in total. The normalized spacial score (nSPS) is 14.5. The molecule has 1 aliphatic heterocycles. The number of benzene rings is 9. The molecule has 13 rings (SSSR count). The standard InChI is InChI=1S/C58H39NO2/c1-57(2)45-23-9-6-19-38(45)40-32-31-37(33-49(40)57)59(36-17-4-3-5-18-36)51-27-13-8-21-41(51)42-22-16-30-54-56(42)44-34-43-39-20-7-10-24-46(39)58(50(43)35-55(44)61-54)47-25-11-14-28-52(47)60-53-29-15-12-26-48(53)58/h3-35H,1-2H3. The number of nitrogens with zero attached hydrogens (tertiary/aromatic N) is 1. The molecular weight excluding hydrogens is 743 g/mol. The largest absolute Gasteiger partial charge is 0.457 e. The number of rotatable bonds is 4. The lowest BCUT2D eigenvalue weighted by Gasteiger charge is -2.39. The Morgan fingerprint density at radius 1 is 0.377 bits per heavy atom. The van der Waals surface area contributed by atoms with E-state index in [1.54, 1.807) is 0 Å². The van der Waals surface area contributed by atoms with Crippen molar-refractivity contribution in [3.63, 3.8) is 0 Å². The highest BCUT2D eigenvalue weighted by molar-refractivity contribution is 6.15. The first-order valence-electron chi connectivity index (χ1n) is 21.2. The average Bonchev–Trinajstić information content (AvgIpc) is 3.90. The summed E-state index contributed by atoms with van der Waals surface area (Å²) in [4.78, 5) is 2.42. The third-order valence-electron chi connectivity index (χ3n) is 13.7. The number of ether oxygens (including phenoxy) is 1. The Hall–Kier alpha value is -7.62. The van der Waals surface area contributed by atoms with Crippen molar-refractivity contribution in [2.24, 2.45) is 0 Å². The summed E-state index contributed by atoms with van der Waals surface area (Å²) in [5, 5.41) is 2.21. The molecule has 0 fully saturated rings. The van der Waals surface area contributed by atoms with E-state index in [4.69, 9.17) is 9.15 Å². The summed E-state index contributed by atoms with van der Waals surface area (Å²) < 4.78 is 13.6. The van der Waals surface area contributed by atoms with Crippen LogP contribution in [-0.4, -0.2) is 0 Å². The smallest absolute Gasteiger partial charge is 0.136 e. The second-order valence-corrected chi connectivity index (χ2v) is 17.2. The molecule has 0 unspecified atom stereocenters. The second kappa shape index (κ2) is 12.5. The van der Waals surface area contributed by atoms with Crippen molar-refractivity contribution in [2.75, 3.05) is 4.90 Å². The fourth-order valence-electron chi connectivity index (χ4n) is 11.1. The third kappa shape index (κ3) is 4.58. The molecule has 0 saturated carbocycles. The van der Waals surface area contributed by atoms with E-state index in [-0.39, 0.29) is 5.41 Å². The molecule has 1 aromatic heterocycles. The fourth-order valence-corrected chi connectivity index (χ4v) is 11.1. The summed E-state index contributed by atoms with van der Waals surface area (Å²) in [5.41, 5.74) is 19.2. The first-order valence-corrected chi connectivity index (χ1v) is 21.2. The maximum Gasteiger partial charge on any atom is 0.136 e. The van der Waals surface area contributed by atoms with Crippen LogP contribution in [0.1, 0.15) is 47.2 Å². The van der Waals surface area contributed by atoms with E-state index in [1.807, 2.05) is 0 Å². The van der Waals surface area contributed by atoms with Crippen molar-refractivity contribution < 1.29 is 9.15 Å². The molecule has 3 heteroatoms. The topological polar surface area (TPSA) is 25.6 Å². The van der Waals surface area contributed by atoms with Crippen molar-refractivity contribution in [2.45, 2.75) is 24.7 Å². The van der Waals surface area contributed by atoms with Crippen LogP contribution < -0.4 is 9.64 Å². The van der Waals surface area contributed by atoms with Gasteiger partial charge in [-0.1, -0.05) is 153 Å². The van der Waals surface area contributed by atoms with Crippen LogP contribution in [0.15, 0.2) is 205 Å². The Kier molecular flexibility index (Phi) is 6.99. The summed E-state index contributed by atoms with van der Waals surface area (Å²) in [7, 11) is 0. The molecule has 3 nitrogen and oxygen atoms in total. The van der Waals surface area contributed by atoms with Gasteiger partial charge in [0.15, 0.2) is 0 Å². The highest BCUT2D eigenvalue weighted by Gasteiger charge is 2.51. The molecule has 0 saturated heterocycles. The number of hydrogen-bond acceptors (Lipinski definition) is 3. The quantitative estimate of drug-likeness (QED) is 0.178. The fraction of sp³-hybridized carbons (Fsp3) is 0.0690. The molecule has 0 atom stereocenters. The Bertz CT molecular complexity index is 3400. The first-order chi connectivity index (χ1) is 30.0. The van der Waals surface area contributed by atoms with Gasteiger partial charge in [0.2, 0.25) is 0 Å². The van der Waals surface area contributed by atoms with Gasteiger partial charge in [0.25, 0.3) is 0 Å². The van der Waals surface area contributed by atoms with Gasteiger partial charge in [0.1, 0.15) is 22.7 Å². The van der Waals surface area contributed by atoms with E-state index in [0.717, 1.165) is 72.8 Å². The maximum absolute atomic E-state index is 6.98. The van der Waals surface area contributed by atoms with Crippen LogP contribution in [0, 0.1) is 0 Å². The second-order valence-electron chi connectivity index (χ2n) is 17.2. The van der Waals surface area contributed by atoms with Gasteiger partial charge in [-0.3, -0.25) is 0 Å². The summed E-state index contributed by atoms with van der Waals surface area (Å²) in [6, 6.07) is 72.6. The van der Waals surface area contributed by atoms with Crippen LogP contribution in [0.3, 0.4) is 0 Å². The first kappa shape index (κ1) is 34.3. The van der Waals surface area contributed by atoms with Gasteiger partial charge >= 0.3 is 0 Å². The van der Waals surface area contributed by atoms with Crippen molar-refractivity contribution in [1.82, 2.24) is 0 Å². The summed E-state index contributed by atoms with van der Waals surface area (Å²) in [6.45, 7) is 4.70. The van der Waals surface area contributed by atoms with E-state index in [9.17, 15) is 0 Å². The predicted octanol–water partition coefficient (Wildman–Crippen LogP) is 15.5. The molecule has 10 aromatic rings. The van der Waals surface area contributed by atoms with E-state index in [1.165, 1.54) is 44.5 Å². The molecule has 0 bridgehead atoms. The molecule has 2 heterocycles. The third-order valence-corrected chi connectivity index (χ3v) is 13.7. The van der Waals surface area contributed by atoms with Crippen molar-refractivity contribution in [3.05, 3.63) is 234 Å². The van der Waals surface area contributed by atoms with E-state index >= 15 is 0 Å². The molecule has 9 aromatic carbocycles. The van der Waals surface area contributed by atoms with E-state index in [0.29, 0.717) is 0 Å². The minimum atomic E-state index is -0.568. The monoisotopic (exact) mass is 781 g/mol. The van der Waals surface area contributed by atoms with Crippen LogP contribution in [-0.2, 0) is 10.8 Å². The molecule has 61 heavy (non-hydrogen) atoms. The Morgan fingerprint density at radius 3 is 1.72 bits per heavy atom. The number of furan rings is 1. The molecule has 1 spiro atoms. The van der Waals surface area contributed by atoms with Crippen LogP contribution in [0.5, 0.6) is 11.5 Å². The highest BCUT2D eigenvalue weighted by Crippen LogP contribution is 2.63. The number of para-hydroxylation sites is 4. The molecule has 2 aliphatic carbocycles. The zero-order chi connectivity index (χ0) is 40.5. The van der Waals surface area contributed by atoms with E-state index in [2.05, 4.69) is 219 Å². The lowest BCUT2D eigenvalue weighted by molar-refractivity contribution is 0.436. The van der Waals surface area contributed by atoms with Gasteiger partial charge in [-0.15, -0.1) is 0 Å². The Labute approximate surface area is 354 Å². The molecule has 0 amide bonds. The maximum atomic E-state index is 6.98. The zero-order valence-electron chi connectivity index (χ0n) is 33.8. The Morgan fingerprint density at radius 2 is 0.967 bits per heavy atom. The molecule has 0 radical (unpaired) electrons. The minimum Gasteiger partial charge on any atom is -0.457 e. The zero-order valence-corrected chi connectivity index (χ0v) is 33.8. The van der Waals surface area contributed by atoms with Gasteiger partial charge in [-0.05, 0) is 111 Å². The molecular formula is C58H39NO2. The van der Waals surface area contributed by atoms with Gasteiger partial charge in [0.05, 0.1) is 11.1 Å². The lowest BCUT2D eigenvalue weighted by Crippen LogP contribution is -2.32. The van der Waals surface area contributed by atoms with Gasteiger partial charge in [-0.25, -0.2) is 0 Å². The number of anilines is 3. The number of fused-ring (bicyclic) bond motifs is 15. The predicted molar refractivity (Wildman–Crippen MR) is 249 cm³/mol. The highest BCUT2D eigenvalue weighted by atomic mass is 16.5. The number of hydrogen-bond donors (Lipinski definition) is 0. The van der Waals surface area contributed by atoms with Crippen LogP contribution in [0.2, 0.25) is 0 Å². The van der Waals surface area contributed by atoms with Gasteiger partial charge in [-0.2, -0.15) is 0 Å². The van der Waals surface area contributed by atoms with Crippen molar-refractivity contribution in [1.29, 1.82) is 0 Å². The molecule has 3 aliphatic rings. The summed E-state index contributed by atoms with van der Waals surface area (Å²) >= 11 is 0. The minimum absolute atomic E-state index is 0.128. The summed E-state index contributed by atoms with van der Waals surface area (Å²) in [5.74, 6) is 1.76. The van der Waals surface area contributed by atoms with Crippen LogP contribution in [0.25, 0.3) is 55.3 Å². The van der Waals surface area contributed by atoms with Crippen molar-refractivity contribution >= 4 is 39.0 Å². The van der Waals surface area contributed by atoms with Gasteiger partial charge < -0.3 is 14.1 Å². The van der Waals surface area contributed by atoms with Gasteiger partial charge in [0, 0.05) is 44.3 Å². The van der Waals surface area contributed by atoms with Crippen LogP contribution in [0.4, 0.5) is 17.1 Å². The summed E-state index contributed by atoms with van der Waals surface area (Å²) in [6.07, 6.45) is 0. The average molecular weight is 782 g/mol. The van der Waals surface area contributed by atoms with Crippen molar-refractivity contribution in [3.8, 4) is 44.9 Å².